The summed E-state index contributed by atoms with van der Waals surface area (Å²) >= 11 is 0. The van der Waals surface area contributed by atoms with E-state index < -0.39 is 6.10 Å². The Labute approximate surface area is 152 Å². The second kappa shape index (κ2) is 7.47. The van der Waals surface area contributed by atoms with Crippen LogP contribution in [-0.2, 0) is 4.79 Å². The van der Waals surface area contributed by atoms with Crippen molar-refractivity contribution in [1.29, 1.82) is 0 Å². The van der Waals surface area contributed by atoms with Crippen LogP contribution in [0.2, 0.25) is 0 Å². The number of rotatable bonds is 4. The molecule has 2 atom stereocenters. The minimum absolute atomic E-state index is 0.00314. The van der Waals surface area contributed by atoms with Gasteiger partial charge >= 0.3 is 0 Å². The van der Waals surface area contributed by atoms with Crippen molar-refractivity contribution in [3.05, 3.63) is 35.6 Å². The largest absolute Gasteiger partial charge is 0.461 e. The number of hydrogen-bond acceptors (Lipinski definition) is 5. The van der Waals surface area contributed by atoms with E-state index >= 15 is 0 Å². The van der Waals surface area contributed by atoms with Crippen molar-refractivity contribution < 1.29 is 19.1 Å². The highest BCUT2D eigenvalue weighted by Crippen LogP contribution is 2.20. The van der Waals surface area contributed by atoms with Crippen molar-refractivity contribution in [1.82, 2.24) is 15.1 Å². The molecule has 3 rings (SSSR count). The Hall–Kier alpha value is -2.38. The molecule has 0 spiro atoms. The molecule has 7 heteroatoms. The van der Waals surface area contributed by atoms with Crippen molar-refractivity contribution in [3.63, 3.8) is 0 Å². The summed E-state index contributed by atoms with van der Waals surface area (Å²) in [4.78, 5) is 27.8. The van der Waals surface area contributed by atoms with Crippen molar-refractivity contribution >= 4 is 22.8 Å². The second-order valence-corrected chi connectivity index (χ2v) is 7.07. The number of aryl methyl sites for hydroxylation is 1. The Morgan fingerprint density at radius 3 is 2.81 bits per heavy atom. The number of likely N-dealkylation sites (N-methyl/N-ethyl adjacent to an activating group) is 1. The molecule has 26 heavy (non-hydrogen) atoms. The average molecular weight is 359 g/mol. The standard InChI is InChI=1S/C19H25N3O4/c1-12-8-14-9-13(4-5-17(14)26-12)19(25)20-15-6-7-22(10-16(15)23)11-18(24)21(2)3/h4-5,8-9,15-16,23H,6-7,10-11H2,1-3H3,(H,20,25)/t15-,16-/m1/s1. The van der Waals surface area contributed by atoms with E-state index in [2.05, 4.69) is 5.32 Å². The predicted octanol–water partition coefficient (Wildman–Crippen LogP) is 0.994. The molecular weight excluding hydrogens is 334 g/mol. The Morgan fingerprint density at radius 1 is 1.35 bits per heavy atom. The number of furan rings is 1. The number of aliphatic hydroxyl groups is 1. The summed E-state index contributed by atoms with van der Waals surface area (Å²) in [6.45, 7) is 3.16. The summed E-state index contributed by atoms with van der Waals surface area (Å²) in [5.41, 5.74) is 1.29. The number of nitrogens with zero attached hydrogens (tertiary/aromatic N) is 2. The molecular formula is C19H25N3O4. The summed E-state index contributed by atoms with van der Waals surface area (Å²) in [6.07, 6.45) is -0.108. The van der Waals surface area contributed by atoms with Gasteiger partial charge in [0.05, 0.1) is 18.7 Å². The first-order valence-corrected chi connectivity index (χ1v) is 8.75. The number of piperidine rings is 1. The number of fused-ring (bicyclic) bond motifs is 1. The molecule has 140 valence electrons. The van der Waals surface area contributed by atoms with Crippen LogP contribution in [0.4, 0.5) is 0 Å². The van der Waals surface area contributed by atoms with Crippen molar-refractivity contribution in [3.8, 4) is 0 Å². The Morgan fingerprint density at radius 2 is 2.12 bits per heavy atom. The lowest BCUT2D eigenvalue weighted by molar-refractivity contribution is -0.130. The molecule has 2 aromatic rings. The minimum atomic E-state index is -0.706. The molecule has 1 aliphatic rings. The quantitative estimate of drug-likeness (QED) is 0.850. The van der Waals surface area contributed by atoms with Gasteiger partial charge < -0.3 is 19.7 Å². The maximum absolute atomic E-state index is 12.5. The molecule has 2 heterocycles. The fourth-order valence-electron chi connectivity index (χ4n) is 3.21. The fourth-order valence-corrected chi connectivity index (χ4v) is 3.21. The predicted molar refractivity (Wildman–Crippen MR) is 98.0 cm³/mol. The number of nitrogens with one attached hydrogen (secondary N) is 1. The van der Waals surface area contributed by atoms with Crippen LogP contribution in [0.3, 0.4) is 0 Å². The van der Waals surface area contributed by atoms with Crippen LogP contribution in [-0.4, -0.2) is 72.6 Å². The minimum Gasteiger partial charge on any atom is -0.461 e. The number of carbonyl (C=O) groups is 2. The normalized spacial score (nSPS) is 20.9. The van der Waals surface area contributed by atoms with E-state index in [1.165, 1.54) is 4.90 Å². The maximum atomic E-state index is 12.5. The van der Waals surface area contributed by atoms with Gasteiger partial charge in [-0.25, -0.2) is 0 Å². The number of amides is 2. The first-order valence-electron chi connectivity index (χ1n) is 8.75. The second-order valence-electron chi connectivity index (χ2n) is 7.07. The number of aliphatic hydroxyl groups excluding tert-OH is 1. The van der Waals surface area contributed by atoms with Gasteiger partial charge in [-0.3, -0.25) is 14.5 Å². The van der Waals surface area contributed by atoms with E-state index in [1.54, 1.807) is 32.3 Å². The van der Waals surface area contributed by atoms with Crippen molar-refractivity contribution in [2.24, 2.45) is 0 Å². The van der Waals surface area contributed by atoms with Crippen LogP contribution in [0, 0.1) is 6.92 Å². The molecule has 1 aliphatic heterocycles. The number of carbonyl (C=O) groups excluding carboxylic acids is 2. The van der Waals surface area contributed by atoms with E-state index in [-0.39, 0.29) is 24.4 Å². The third kappa shape index (κ3) is 4.05. The molecule has 0 bridgehead atoms. The van der Waals surface area contributed by atoms with Crippen molar-refractivity contribution in [2.75, 3.05) is 33.7 Å². The number of benzene rings is 1. The Bertz CT molecular complexity index is 814. The van der Waals surface area contributed by atoms with Crippen LogP contribution >= 0.6 is 0 Å². The van der Waals surface area contributed by atoms with Gasteiger partial charge in [0.25, 0.3) is 5.91 Å². The molecule has 0 saturated carbocycles. The van der Waals surface area contributed by atoms with Gasteiger partial charge in [-0.1, -0.05) is 0 Å². The van der Waals surface area contributed by atoms with Gasteiger partial charge in [-0.05, 0) is 37.6 Å². The van der Waals surface area contributed by atoms with Gasteiger partial charge in [-0.15, -0.1) is 0 Å². The molecule has 2 amide bonds. The Kier molecular flexibility index (Phi) is 5.29. The third-order valence-electron chi connectivity index (χ3n) is 4.74. The van der Waals surface area contributed by atoms with E-state index in [9.17, 15) is 14.7 Å². The van der Waals surface area contributed by atoms with E-state index in [4.69, 9.17) is 4.42 Å². The molecule has 0 unspecified atom stereocenters. The first-order chi connectivity index (χ1) is 12.3. The molecule has 1 saturated heterocycles. The summed E-state index contributed by atoms with van der Waals surface area (Å²) in [7, 11) is 3.42. The highest BCUT2D eigenvalue weighted by Gasteiger charge is 2.30. The summed E-state index contributed by atoms with van der Waals surface area (Å²) in [6, 6.07) is 6.86. The van der Waals surface area contributed by atoms with Crippen LogP contribution in [0.15, 0.2) is 28.7 Å². The zero-order valence-corrected chi connectivity index (χ0v) is 15.4. The summed E-state index contributed by atoms with van der Waals surface area (Å²) < 4.78 is 5.52. The monoisotopic (exact) mass is 359 g/mol. The molecule has 0 aliphatic carbocycles. The zero-order chi connectivity index (χ0) is 18.8. The van der Waals surface area contributed by atoms with Crippen molar-refractivity contribution in [2.45, 2.75) is 25.5 Å². The molecule has 1 aromatic carbocycles. The lowest BCUT2D eigenvalue weighted by atomic mass is 10.0. The summed E-state index contributed by atoms with van der Waals surface area (Å²) in [5, 5.41) is 14.2. The molecule has 1 fully saturated rings. The van der Waals surface area contributed by atoms with E-state index in [0.29, 0.717) is 25.1 Å². The van der Waals surface area contributed by atoms with E-state index in [1.807, 2.05) is 17.9 Å². The van der Waals surface area contributed by atoms with E-state index in [0.717, 1.165) is 16.7 Å². The zero-order valence-electron chi connectivity index (χ0n) is 15.4. The lowest BCUT2D eigenvalue weighted by Crippen LogP contribution is -2.55. The molecule has 7 nitrogen and oxygen atoms in total. The highest BCUT2D eigenvalue weighted by molar-refractivity contribution is 5.98. The Balaban J connectivity index is 1.60. The van der Waals surface area contributed by atoms with Gasteiger partial charge in [0, 0.05) is 38.1 Å². The smallest absolute Gasteiger partial charge is 0.251 e. The number of likely N-dealkylation sites (tertiary alicyclic amines) is 1. The third-order valence-corrected chi connectivity index (χ3v) is 4.74. The SMILES string of the molecule is Cc1cc2cc(C(=O)N[C@@H]3CCN(CC(=O)N(C)C)C[C@H]3O)ccc2o1. The fraction of sp³-hybridized carbons (Fsp3) is 0.474. The topological polar surface area (TPSA) is 86.0 Å². The van der Waals surface area contributed by atoms with Crippen LogP contribution in [0.5, 0.6) is 0 Å². The van der Waals surface area contributed by atoms with Crippen LogP contribution < -0.4 is 5.32 Å². The van der Waals surface area contributed by atoms with Gasteiger partial charge in [0.15, 0.2) is 0 Å². The van der Waals surface area contributed by atoms with Crippen LogP contribution in [0.25, 0.3) is 11.0 Å². The molecule has 0 radical (unpaired) electrons. The highest BCUT2D eigenvalue weighted by atomic mass is 16.3. The number of hydrogen-bond donors (Lipinski definition) is 2. The van der Waals surface area contributed by atoms with Crippen LogP contribution in [0.1, 0.15) is 22.5 Å². The van der Waals surface area contributed by atoms with Gasteiger partial charge in [-0.2, -0.15) is 0 Å². The first kappa shape index (κ1) is 18.4. The molecule has 2 N–H and O–H groups in total. The number of β-amino-alcohol motifs (C(OH)–C–C–N with tert-alkyl or cyclic N) is 1. The van der Waals surface area contributed by atoms with Gasteiger partial charge in [0.2, 0.25) is 5.91 Å². The average Bonchev–Trinajstić information content (AvgIpc) is 2.96. The maximum Gasteiger partial charge on any atom is 0.251 e. The van der Waals surface area contributed by atoms with Gasteiger partial charge in [0.1, 0.15) is 11.3 Å². The molecule has 1 aromatic heterocycles. The summed E-state index contributed by atoms with van der Waals surface area (Å²) in [5.74, 6) is 0.587. The lowest BCUT2D eigenvalue weighted by Gasteiger charge is -2.36.